The van der Waals surface area contributed by atoms with Crippen LogP contribution in [0, 0.1) is 5.41 Å². The molecular weight excluding hydrogens is 292 g/mol. The molecule has 96 valence electrons. The monoisotopic (exact) mass is 308 g/mol. The van der Waals surface area contributed by atoms with Crippen LogP contribution in [0.1, 0.15) is 30.9 Å². The van der Waals surface area contributed by atoms with Crippen LogP contribution >= 0.6 is 15.9 Å². The summed E-state index contributed by atoms with van der Waals surface area (Å²) in [6, 6.07) is 0. The minimum absolute atomic E-state index is 0.498. The molecule has 0 amide bonds. The molecule has 0 spiro atoms. The fourth-order valence-corrected chi connectivity index (χ4v) is 2.69. The second kappa shape index (κ2) is 4.23. The standard InChI is InChI=1S/C13H17BrN4/c1-13(3-4-13)9-18-7-10(6-15-18)5-11-8-17(2)16-12(11)14/h6-8H,3-5,9H2,1-2H3. The van der Waals surface area contributed by atoms with Gasteiger partial charge in [-0.25, -0.2) is 0 Å². The van der Waals surface area contributed by atoms with Crippen LogP contribution in [0.5, 0.6) is 0 Å². The van der Waals surface area contributed by atoms with E-state index >= 15 is 0 Å². The largest absolute Gasteiger partial charge is 0.274 e. The predicted molar refractivity (Wildman–Crippen MR) is 73.3 cm³/mol. The number of aryl methyl sites for hydroxylation is 1. The summed E-state index contributed by atoms with van der Waals surface area (Å²) in [4.78, 5) is 0. The zero-order chi connectivity index (χ0) is 12.8. The summed E-state index contributed by atoms with van der Waals surface area (Å²) in [5.41, 5.74) is 2.95. The van der Waals surface area contributed by atoms with Gasteiger partial charge in [-0.15, -0.1) is 0 Å². The second-order valence-corrected chi connectivity index (χ2v) is 6.40. The maximum Gasteiger partial charge on any atom is 0.131 e. The van der Waals surface area contributed by atoms with Gasteiger partial charge in [-0.3, -0.25) is 9.36 Å². The van der Waals surface area contributed by atoms with Gasteiger partial charge >= 0.3 is 0 Å². The zero-order valence-corrected chi connectivity index (χ0v) is 12.3. The first kappa shape index (κ1) is 12.0. The molecule has 2 heterocycles. The van der Waals surface area contributed by atoms with E-state index in [0.29, 0.717) is 5.41 Å². The minimum Gasteiger partial charge on any atom is -0.274 e. The molecule has 18 heavy (non-hydrogen) atoms. The third-order valence-electron chi connectivity index (χ3n) is 3.58. The molecule has 0 atom stereocenters. The van der Waals surface area contributed by atoms with E-state index in [4.69, 9.17) is 0 Å². The van der Waals surface area contributed by atoms with E-state index in [1.165, 1.54) is 24.0 Å². The Balaban J connectivity index is 1.71. The van der Waals surface area contributed by atoms with Crippen LogP contribution in [0.25, 0.3) is 0 Å². The molecule has 1 fully saturated rings. The lowest BCUT2D eigenvalue weighted by Gasteiger charge is -2.06. The summed E-state index contributed by atoms with van der Waals surface area (Å²) in [6.07, 6.45) is 9.70. The lowest BCUT2D eigenvalue weighted by Crippen LogP contribution is -2.07. The van der Waals surface area contributed by atoms with Gasteiger partial charge in [-0.1, -0.05) is 6.92 Å². The van der Waals surface area contributed by atoms with Crippen molar-refractivity contribution in [2.24, 2.45) is 12.5 Å². The molecule has 4 nitrogen and oxygen atoms in total. The summed E-state index contributed by atoms with van der Waals surface area (Å²) in [5.74, 6) is 0. The van der Waals surface area contributed by atoms with E-state index in [1.54, 1.807) is 0 Å². The van der Waals surface area contributed by atoms with Crippen LogP contribution < -0.4 is 0 Å². The highest BCUT2D eigenvalue weighted by Crippen LogP contribution is 2.46. The molecule has 3 rings (SSSR count). The van der Waals surface area contributed by atoms with E-state index in [9.17, 15) is 0 Å². The quantitative estimate of drug-likeness (QED) is 0.870. The van der Waals surface area contributed by atoms with Crippen molar-refractivity contribution >= 4 is 15.9 Å². The van der Waals surface area contributed by atoms with Crippen LogP contribution in [0.2, 0.25) is 0 Å². The Hall–Kier alpha value is -1.10. The maximum atomic E-state index is 4.45. The Morgan fingerprint density at radius 1 is 1.39 bits per heavy atom. The number of hydrogen-bond acceptors (Lipinski definition) is 2. The number of hydrogen-bond donors (Lipinski definition) is 0. The lowest BCUT2D eigenvalue weighted by atomic mass is 10.1. The summed E-state index contributed by atoms with van der Waals surface area (Å²) in [6.45, 7) is 3.37. The minimum atomic E-state index is 0.498. The van der Waals surface area contributed by atoms with Gasteiger partial charge < -0.3 is 0 Å². The van der Waals surface area contributed by atoms with Crippen LogP contribution in [-0.2, 0) is 20.0 Å². The Morgan fingerprint density at radius 3 is 2.78 bits per heavy atom. The molecular formula is C13H17BrN4. The first-order valence-electron chi connectivity index (χ1n) is 6.23. The molecule has 5 heteroatoms. The Kier molecular flexibility index (Phi) is 2.81. The molecule has 1 aliphatic carbocycles. The maximum absolute atomic E-state index is 4.45. The highest BCUT2D eigenvalue weighted by Gasteiger charge is 2.37. The average molecular weight is 309 g/mol. The van der Waals surface area contributed by atoms with E-state index < -0.39 is 0 Å². The van der Waals surface area contributed by atoms with Crippen LogP contribution in [0.15, 0.2) is 23.2 Å². The van der Waals surface area contributed by atoms with Crippen LogP contribution in [0.4, 0.5) is 0 Å². The van der Waals surface area contributed by atoms with E-state index in [2.05, 4.69) is 43.9 Å². The van der Waals surface area contributed by atoms with E-state index in [1.807, 2.05) is 24.1 Å². The average Bonchev–Trinajstić information content (AvgIpc) is 2.71. The van der Waals surface area contributed by atoms with Crippen LogP contribution in [0.3, 0.4) is 0 Å². The van der Waals surface area contributed by atoms with Crippen molar-refractivity contribution in [2.75, 3.05) is 0 Å². The summed E-state index contributed by atoms with van der Waals surface area (Å²) < 4.78 is 4.83. The highest BCUT2D eigenvalue weighted by atomic mass is 79.9. The number of halogens is 1. The van der Waals surface area contributed by atoms with Crippen molar-refractivity contribution in [3.63, 3.8) is 0 Å². The molecule has 0 aromatic carbocycles. The molecule has 0 unspecified atom stereocenters. The highest BCUT2D eigenvalue weighted by molar-refractivity contribution is 9.10. The topological polar surface area (TPSA) is 35.6 Å². The predicted octanol–water partition coefficient (Wildman–Crippen LogP) is 2.77. The van der Waals surface area contributed by atoms with Crippen molar-refractivity contribution in [2.45, 2.75) is 32.7 Å². The van der Waals surface area contributed by atoms with E-state index in [-0.39, 0.29) is 0 Å². The molecule has 0 saturated heterocycles. The summed E-state index contributed by atoms with van der Waals surface area (Å²) in [7, 11) is 1.94. The number of nitrogens with zero attached hydrogens (tertiary/aromatic N) is 4. The fourth-order valence-electron chi connectivity index (χ4n) is 2.20. The normalized spacial score (nSPS) is 17.1. The Morgan fingerprint density at radius 2 is 2.17 bits per heavy atom. The van der Waals surface area contributed by atoms with Crippen LogP contribution in [-0.4, -0.2) is 19.6 Å². The zero-order valence-electron chi connectivity index (χ0n) is 10.7. The molecule has 0 bridgehead atoms. The summed E-state index contributed by atoms with van der Waals surface area (Å²) >= 11 is 3.48. The molecule has 0 N–H and O–H groups in total. The van der Waals surface area contributed by atoms with Gasteiger partial charge in [0.05, 0.1) is 6.20 Å². The lowest BCUT2D eigenvalue weighted by molar-refractivity contribution is 0.432. The SMILES string of the molecule is Cn1cc(Cc2cnn(CC3(C)CC3)c2)c(Br)n1. The molecule has 1 aliphatic rings. The van der Waals surface area contributed by atoms with Gasteiger partial charge in [0.1, 0.15) is 4.60 Å². The fraction of sp³-hybridized carbons (Fsp3) is 0.538. The molecule has 1 saturated carbocycles. The molecule has 2 aromatic heterocycles. The van der Waals surface area contributed by atoms with Crippen molar-refractivity contribution in [3.8, 4) is 0 Å². The van der Waals surface area contributed by atoms with Crippen molar-refractivity contribution < 1.29 is 0 Å². The molecule has 2 aromatic rings. The molecule has 0 radical (unpaired) electrons. The van der Waals surface area contributed by atoms with Gasteiger partial charge in [0.25, 0.3) is 0 Å². The molecule has 0 aliphatic heterocycles. The van der Waals surface area contributed by atoms with Gasteiger partial charge in [0.2, 0.25) is 0 Å². The summed E-state index contributed by atoms with van der Waals surface area (Å²) in [5, 5.41) is 8.74. The number of rotatable bonds is 4. The van der Waals surface area contributed by atoms with Crippen molar-refractivity contribution in [1.29, 1.82) is 0 Å². The smallest absolute Gasteiger partial charge is 0.131 e. The first-order valence-corrected chi connectivity index (χ1v) is 7.03. The first-order chi connectivity index (χ1) is 8.54. The Labute approximate surface area is 115 Å². The van der Waals surface area contributed by atoms with Gasteiger partial charge in [0, 0.05) is 38.0 Å². The second-order valence-electron chi connectivity index (χ2n) is 5.65. The van der Waals surface area contributed by atoms with Gasteiger partial charge in [-0.2, -0.15) is 10.2 Å². The van der Waals surface area contributed by atoms with Gasteiger partial charge in [0.15, 0.2) is 0 Å². The number of aromatic nitrogens is 4. The third kappa shape index (κ3) is 2.51. The van der Waals surface area contributed by atoms with Crippen molar-refractivity contribution in [1.82, 2.24) is 19.6 Å². The Bertz CT molecular complexity index is 565. The van der Waals surface area contributed by atoms with E-state index in [0.717, 1.165) is 17.6 Å². The van der Waals surface area contributed by atoms with Crippen molar-refractivity contribution in [3.05, 3.63) is 34.3 Å². The van der Waals surface area contributed by atoms with Gasteiger partial charge in [-0.05, 0) is 39.8 Å². The third-order valence-corrected chi connectivity index (χ3v) is 4.25.